The molecule has 0 unspecified atom stereocenters. The van der Waals surface area contributed by atoms with Gasteiger partial charge >= 0.3 is 0 Å². The molecule has 96 valence electrons. The Kier molecular flexibility index (Phi) is 4.53. The van der Waals surface area contributed by atoms with Gasteiger partial charge in [-0.1, -0.05) is 44.2 Å². The zero-order valence-electron chi connectivity index (χ0n) is 11.0. The normalized spacial score (nSPS) is 11.1. The summed E-state index contributed by atoms with van der Waals surface area (Å²) < 4.78 is 5.47. The van der Waals surface area contributed by atoms with Gasteiger partial charge in [0.1, 0.15) is 5.76 Å². The van der Waals surface area contributed by atoms with Crippen molar-refractivity contribution in [3.8, 4) is 0 Å². The van der Waals surface area contributed by atoms with Crippen molar-refractivity contribution in [2.24, 2.45) is 0 Å². The molecule has 3 nitrogen and oxygen atoms in total. The van der Waals surface area contributed by atoms with Crippen molar-refractivity contribution in [2.75, 3.05) is 0 Å². The monoisotopic (exact) mass is 244 g/mol. The molecule has 0 fully saturated rings. The number of oxazole rings is 1. The predicted octanol–water partition coefficient (Wildman–Crippen LogP) is 2.96. The third-order valence-corrected chi connectivity index (χ3v) is 2.89. The van der Waals surface area contributed by atoms with E-state index >= 15 is 0 Å². The molecule has 1 aromatic carbocycles. The molecule has 0 amide bonds. The largest absolute Gasteiger partial charge is 0.448 e. The number of aryl methyl sites for hydroxylation is 2. The van der Waals surface area contributed by atoms with Crippen molar-refractivity contribution >= 4 is 0 Å². The summed E-state index contributed by atoms with van der Waals surface area (Å²) in [6, 6.07) is 10.9. The van der Waals surface area contributed by atoms with Crippen LogP contribution in [0.3, 0.4) is 0 Å². The summed E-state index contributed by atoms with van der Waals surface area (Å²) >= 11 is 0. The zero-order valence-corrected chi connectivity index (χ0v) is 11.0. The lowest BCUT2D eigenvalue weighted by Gasteiger charge is -2.07. The van der Waals surface area contributed by atoms with E-state index in [0.717, 1.165) is 30.8 Å². The molecule has 0 saturated carbocycles. The molecule has 18 heavy (non-hydrogen) atoms. The van der Waals surface area contributed by atoms with Gasteiger partial charge in [0.25, 0.3) is 0 Å². The van der Waals surface area contributed by atoms with Gasteiger partial charge in [-0.05, 0) is 12.0 Å². The molecule has 1 N–H and O–H groups in total. The number of hydrogen-bond acceptors (Lipinski definition) is 3. The van der Waals surface area contributed by atoms with E-state index in [1.807, 2.05) is 6.07 Å². The first-order valence-corrected chi connectivity index (χ1v) is 6.44. The van der Waals surface area contributed by atoms with Gasteiger partial charge in [-0.2, -0.15) is 0 Å². The fraction of sp³-hybridized carbons (Fsp3) is 0.400. The minimum atomic E-state index is 0.462. The Balaban J connectivity index is 1.91. The second kappa shape index (κ2) is 6.36. The molecule has 0 aliphatic carbocycles. The van der Waals surface area contributed by atoms with Gasteiger partial charge in [-0.15, -0.1) is 0 Å². The fourth-order valence-electron chi connectivity index (χ4n) is 1.84. The van der Waals surface area contributed by atoms with Gasteiger partial charge in [0, 0.05) is 19.0 Å². The van der Waals surface area contributed by atoms with E-state index in [-0.39, 0.29) is 0 Å². The average molecular weight is 244 g/mol. The molecule has 2 rings (SSSR count). The van der Waals surface area contributed by atoms with Crippen molar-refractivity contribution in [1.29, 1.82) is 0 Å². The highest BCUT2D eigenvalue weighted by Gasteiger charge is 2.08. The van der Waals surface area contributed by atoms with Gasteiger partial charge in [0.15, 0.2) is 6.39 Å². The van der Waals surface area contributed by atoms with E-state index < -0.39 is 0 Å². The predicted molar refractivity (Wildman–Crippen MR) is 72.3 cm³/mol. The van der Waals surface area contributed by atoms with Crippen molar-refractivity contribution in [3.63, 3.8) is 0 Å². The van der Waals surface area contributed by atoms with E-state index in [2.05, 4.69) is 48.4 Å². The standard InChI is InChI=1S/C15H20N2O/c1-12(2)16-10-14-15(18-11-17-14)9-8-13-6-4-3-5-7-13/h3-7,11-12,16H,8-10H2,1-2H3. The van der Waals surface area contributed by atoms with Gasteiger partial charge in [-0.3, -0.25) is 0 Å². The van der Waals surface area contributed by atoms with E-state index in [9.17, 15) is 0 Å². The van der Waals surface area contributed by atoms with Crippen LogP contribution < -0.4 is 5.32 Å². The first kappa shape index (κ1) is 12.8. The quantitative estimate of drug-likeness (QED) is 0.849. The lowest BCUT2D eigenvalue weighted by atomic mass is 10.1. The zero-order chi connectivity index (χ0) is 12.8. The van der Waals surface area contributed by atoms with E-state index in [4.69, 9.17) is 4.42 Å². The minimum absolute atomic E-state index is 0.462. The number of hydrogen-bond donors (Lipinski definition) is 1. The highest BCUT2D eigenvalue weighted by molar-refractivity contribution is 5.17. The third-order valence-electron chi connectivity index (χ3n) is 2.89. The molecular formula is C15H20N2O. The minimum Gasteiger partial charge on any atom is -0.448 e. The van der Waals surface area contributed by atoms with E-state index in [1.165, 1.54) is 12.0 Å². The molecule has 0 aliphatic rings. The van der Waals surface area contributed by atoms with Gasteiger partial charge in [0.05, 0.1) is 5.69 Å². The maximum absolute atomic E-state index is 5.47. The van der Waals surface area contributed by atoms with Crippen LogP contribution in [0.2, 0.25) is 0 Å². The molecule has 0 aliphatic heterocycles. The maximum Gasteiger partial charge on any atom is 0.181 e. The summed E-state index contributed by atoms with van der Waals surface area (Å²) in [5, 5.41) is 3.36. The molecule has 3 heteroatoms. The first-order valence-electron chi connectivity index (χ1n) is 6.44. The summed E-state index contributed by atoms with van der Waals surface area (Å²) in [6.45, 7) is 5.03. The van der Waals surface area contributed by atoms with Crippen molar-refractivity contribution in [1.82, 2.24) is 10.3 Å². The van der Waals surface area contributed by atoms with Crippen LogP contribution in [0.25, 0.3) is 0 Å². The van der Waals surface area contributed by atoms with Gasteiger partial charge in [-0.25, -0.2) is 4.98 Å². The Bertz CT molecular complexity index is 462. The summed E-state index contributed by atoms with van der Waals surface area (Å²) in [5.41, 5.74) is 2.36. The van der Waals surface area contributed by atoms with Crippen LogP contribution >= 0.6 is 0 Å². The van der Waals surface area contributed by atoms with E-state index in [0.29, 0.717) is 6.04 Å². The molecule has 0 saturated heterocycles. The Morgan fingerprint density at radius 1 is 1.17 bits per heavy atom. The van der Waals surface area contributed by atoms with Crippen LogP contribution in [0.4, 0.5) is 0 Å². The second-order valence-electron chi connectivity index (χ2n) is 4.74. The highest BCUT2D eigenvalue weighted by atomic mass is 16.3. The number of nitrogens with zero attached hydrogens (tertiary/aromatic N) is 1. The molecule has 2 aromatic rings. The van der Waals surface area contributed by atoms with Crippen molar-refractivity contribution < 1.29 is 4.42 Å². The number of benzene rings is 1. The first-order chi connectivity index (χ1) is 8.75. The topological polar surface area (TPSA) is 38.1 Å². The summed E-state index contributed by atoms with van der Waals surface area (Å²) in [4.78, 5) is 4.27. The average Bonchev–Trinajstić information content (AvgIpc) is 2.82. The molecular weight excluding hydrogens is 224 g/mol. The van der Waals surface area contributed by atoms with Crippen LogP contribution in [0.15, 0.2) is 41.1 Å². The molecule has 0 spiro atoms. The molecule has 1 aromatic heterocycles. The Morgan fingerprint density at radius 2 is 1.94 bits per heavy atom. The van der Waals surface area contributed by atoms with Gasteiger partial charge in [0.2, 0.25) is 0 Å². The van der Waals surface area contributed by atoms with Crippen LogP contribution in [0.5, 0.6) is 0 Å². The summed E-state index contributed by atoms with van der Waals surface area (Å²) in [5.74, 6) is 0.993. The summed E-state index contributed by atoms with van der Waals surface area (Å²) in [6.07, 6.45) is 3.43. The second-order valence-corrected chi connectivity index (χ2v) is 4.74. The fourth-order valence-corrected chi connectivity index (χ4v) is 1.84. The SMILES string of the molecule is CC(C)NCc1ncoc1CCc1ccccc1. The third kappa shape index (κ3) is 3.70. The lowest BCUT2D eigenvalue weighted by molar-refractivity contribution is 0.494. The van der Waals surface area contributed by atoms with Crippen molar-refractivity contribution in [2.45, 2.75) is 39.3 Å². The Morgan fingerprint density at radius 3 is 2.67 bits per heavy atom. The van der Waals surface area contributed by atoms with Crippen LogP contribution in [0, 0.1) is 0 Å². The van der Waals surface area contributed by atoms with Crippen LogP contribution in [-0.2, 0) is 19.4 Å². The Labute approximate surface area is 108 Å². The smallest absolute Gasteiger partial charge is 0.181 e. The number of aromatic nitrogens is 1. The highest BCUT2D eigenvalue weighted by Crippen LogP contribution is 2.11. The number of nitrogens with one attached hydrogen (secondary N) is 1. The van der Waals surface area contributed by atoms with Crippen LogP contribution in [-0.4, -0.2) is 11.0 Å². The van der Waals surface area contributed by atoms with Crippen molar-refractivity contribution in [3.05, 3.63) is 53.7 Å². The maximum atomic E-state index is 5.47. The molecule has 0 radical (unpaired) electrons. The number of rotatable bonds is 6. The molecule has 1 heterocycles. The molecule has 0 bridgehead atoms. The van der Waals surface area contributed by atoms with E-state index in [1.54, 1.807) is 0 Å². The summed E-state index contributed by atoms with van der Waals surface area (Å²) in [7, 11) is 0. The van der Waals surface area contributed by atoms with Crippen LogP contribution in [0.1, 0.15) is 30.9 Å². The van der Waals surface area contributed by atoms with Gasteiger partial charge < -0.3 is 9.73 Å². The molecule has 0 atom stereocenters. The Hall–Kier alpha value is -1.61. The lowest BCUT2D eigenvalue weighted by Crippen LogP contribution is -2.22.